The van der Waals surface area contributed by atoms with Crippen molar-refractivity contribution in [2.75, 3.05) is 20.3 Å². The van der Waals surface area contributed by atoms with Gasteiger partial charge in [-0.3, -0.25) is 15.1 Å². The topological polar surface area (TPSA) is 120 Å². The van der Waals surface area contributed by atoms with Gasteiger partial charge < -0.3 is 14.8 Å². The van der Waals surface area contributed by atoms with Gasteiger partial charge in [-0.1, -0.05) is 18.2 Å². The molecule has 1 aromatic carbocycles. The van der Waals surface area contributed by atoms with E-state index in [1.54, 1.807) is 26.8 Å². The molecule has 32 heavy (non-hydrogen) atoms. The molecule has 0 bridgehead atoms. The highest BCUT2D eigenvalue weighted by Crippen LogP contribution is 2.40. The van der Waals surface area contributed by atoms with Crippen LogP contribution in [0.4, 0.5) is 5.69 Å². The first-order chi connectivity index (χ1) is 15.3. The number of allylic oxidation sites excluding steroid dienone is 3. The van der Waals surface area contributed by atoms with Crippen molar-refractivity contribution in [3.8, 4) is 0 Å². The van der Waals surface area contributed by atoms with Gasteiger partial charge in [0.2, 0.25) is 0 Å². The maximum Gasteiger partial charge on any atom is 0.336 e. The highest BCUT2D eigenvalue weighted by Gasteiger charge is 2.38. The van der Waals surface area contributed by atoms with Crippen LogP contribution in [0.5, 0.6) is 0 Å². The molecule has 0 aromatic heterocycles. The summed E-state index contributed by atoms with van der Waals surface area (Å²) in [7, 11) is 1.24. The number of nitro groups is 1. The fraction of sp³-hybridized carbons (Fsp3) is 0.348. The van der Waals surface area contributed by atoms with Gasteiger partial charge in [0.05, 0.1) is 35.7 Å². The second-order valence-electron chi connectivity index (χ2n) is 6.97. The highest BCUT2D eigenvalue weighted by atomic mass is 16.6. The smallest absolute Gasteiger partial charge is 0.336 e. The van der Waals surface area contributed by atoms with Crippen molar-refractivity contribution >= 4 is 23.8 Å². The molecule has 0 spiro atoms. The molecule has 0 saturated carbocycles. The Morgan fingerprint density at radius 1 is 1.22 bits per heavy atom. The van der Waals surface area contributed by atoms with Crippen LogP contribution in [0, 0.1) is 10.1 Å². The highest BCUT2D eigenvalue weighted by molar-refractivity contribution is 5.99. The Kier molecular flexibility index (Phi) is 8.88. The molecule has 170 valence electrons. The van der Waals surface area contributed by atoms with Crippen molar-refractivity contribution in [3.05, 3.63) is 74.6 Å². The third-order valence-corrected chi connectivity index (χ3v) is 4.83. The maximum atomic E-state index is 12.5. The van der Waals surface area contributed by atoms with Gasteiger partial charge in [-0.05, 0) is 38.8 Å². The zero-order chi connectivity index (χ0) is 23.7. The number of nitro benzene ring substituents is 1. The number of carbonyl (C=O) groups is 2. The number of methoxy groups -OCH3 is 1. The summed E-state index contributed by atoms with van der Waals surface area (Å²) in [4.78, 5) is 39.5. The molecular weight excluding hydrogens is 414 g/mol. The van der Waals surface area contributed by atoms with Crippen molar-refractivity contribution in [1.29, 1.82) is 0 Å². The Balaban J connectivity index is 0.000000520. The molecule has 0 aliphatic carbocycles. The van der Waals surface area contributed by atoms with Crippen molar-refractivity contribution in [2.45, 2.75) is 33.1 Å². The number of hydrogen-bond acceptors (Lipinski definition) is 8. The van der Waals surface area contributed by atoms with E-state index < -0.39 is 22.8 Å². The first-order valence-electron chi connectivity index (χ1n) is 10.1. The number of benzene rings is 1. The second kappa shape index (κ2) is 11.6. The third-order valence-electron chi connectivity index (χ3n) is 4.83. The summed E-state index contributed by atoms with van der Waals surface area (Å²) in [5.74, 6) is -2.05. The molecule has 1 unspecified atom stereocenters. The van der Waals surface area contributed by atoms with Gasteiger partial charge in [-0.15, -0.1) is 0 Å². The van der Waals surface area contributed by atoms with E-state index in [0.29, 0.717) is 17.0 Å². The Morgan fingerprint density at radius 3 is 2.38 bits per heavy atom. The zero-order valence-corrected chi connectivity index (χ0v) is 18.6. The number of aliphatic imine (C=N–C) groups is 1. The fourth-order valence-electron chi connectivity index (χ4n) is 3.45. The van der Waals surface area contributed by atoms with Gasteiger partial charge >= 0.3 is 11.9 Å². The lowest BCUT2D eigenvalue weighted by Gasteiger charge is -2.30. The van der Waals surface area contributed by atoms with E-state index in [0.717, 1.165) is 13.0 Å². The van der Waals surface area contributed by atoms with E-state index in [4.69, 9.17) is 9.47 Å². The molecule has 1 aromatic rings. The van der Waals surface area contributed by atoms with Crippen LogP contribution in [0.15, 0.2) is 64.0 Å². The molecule has 0 saturated heterocycles. The minimum atomic E-state index is -0.831. The normalized spacial score (nSPS) is 17.2. The van der Waals surface area contributed by atoms with Crippen LogP contribution in [0.3, 0.4) is 0 Å². The van der Waals surface area contributed by atoms with Crippen molar-refractivity contribution in [2.24, 2.45) is 4.99 Å². The van der Waals surface area contributed by atoms with Crippen molar-refractivity contribution in [3.63, 3.8) is 0 Å². The predicted octanol–water partition coefficient (Wildman–Crippen LogP) is 3.58. The molecule has 2 heterocycles. The summed E-state index contributed by atoms with van der Waals surface area (Å²) in [6, 6.07) is 5.84. The summed E-state index contributed by atoms with van der Waals surface area (Å²) in [5.41, 5.74) is 1.76. The summed E-state index contributed by atoms with van der Waals surface area (Å²) in [5, 5.41) is 14.1. The summed E-state index contributed by atoms with van der Waals surface area (Å²) in [6.45, 7) is 6.19. The summed E-state index contributed by atoms with van der Waals surface area (Å²) < 4.78 is 10.0. The Hall–Kier alpha value is -3.75. The van der Waals surface area contributed by atoms with Gasteiger partial charge in [-0.2, -0.15) is 0 Å². The second-order valence-corrected chi connectivity index (χ2v) is 6.97. The van der Waals surface area contributed by atoms with E-state index in [9.17, 15) is 19.7 Å². The molecule has 9 heteroatoms. The molecule has 0 radical (unpaired) electrons. The average molecular weight is 441 g/mol. The van der Waals surface area contributed by atoms with Crippen LogP contribution >= 0.6 is 0 Å². The zero-order valence-electron chi connectivity index (χ0n) is 18.6. The van der Waals surface area contributed by atoms with Crippen LogP contribution in [0.2, 0.25) is 0 Å². The number of esters is 2. The molecule has 1 N–H and O–H groups in total. The number of dihydropyridines is 2. The minimum absolute atomic E-state index is 0.135. The van der Waals surface area contributed by atoms with E-state index in [-0.39, 0.29) is 23.4 Å². The van der Waals surface area contributed by atoms with E-state index >= 15 is 0 Å². The quantitative estimate of drug-likeness (QED) is 0.421. The van der Waals surface area contributed by atoms with Crippen LogP contribution < -0.4 is 5.32 Å². The van der Waals surface area contributed by atoms with Gasteiger partial charge in [0, 0.05) is 36.3 Å². The van der Waals surface area contributed by atoms with Gasteiger partial charge in [0.25, 0.3) is 5.69 Å². The minimum Gasteiger partial charge on any atom is -0.466 e. The monoisotopic (exact) mass is 441 g/mol. The van der Waals surface area contributed by atoms with Crippen molar-refractivity contribution in [1.82, 2.24) is 5.32 Å². The largest absolute Gasteiger partial charge is 0.466 e. The lowest BCUT2D eigenvalue weighted by Crippen LogP contribution is -2.32. The Labute approximate surface area is 186 Å². The predicted molar refractivity (Wildman–Crippen MR) is 120 cm³/mol. The molecule has 2 aliphatic rings. The first kappa shape index (κ1) is 24.5. The van der Waals surface area contributed by atoms with E-state index in [1.807, 2.05) is 12.3 Å². The number of non-ortho nitro benzene ring substituents is 1. The lowest BCUT2D eigenvalue weighted by atomic mass is 9.80. The fourth-order valence-corrected chi connectivity index (χ4v) is 3.45. The van der Waals surface area contributed by atoms with Crippen LogP contribution in [-0.2, 0) is 19.1 Å². The molecule has 3 rings (SSSR count). The number of rotatable bonds is 5. The maximum absolute atomic E-state index is 12.5. The number of ether oxygens (including phenoxy) is 2. The van der Waals surface area contributed by atoms with E-state index in [1.165, 1.54) is 25.3 Å². The first-order valence-corrected chi connectivity index (χ1v) is 10.1. The molecular formula is C23H27N3O6. The third kappa shape index (κ3) is 5.90. The van der Waals surface area contributed by atoms with E-state index in [2.05, 4.69) is 16.4 Å². The number of nitrogens with zero attached hydrogens (tertiary/aromatic N) is 2. The number of hydrogen-bond donors (Lipinski definition) is 1. The Bertz CT molecular complexity index is 995. The summed E-state index contributed by atoms with van der Waals surface area (Å²) in [6.07, 6.45) is 7.05. The molecule has 1 atom stereocenters. The molecule has 0 amide bonds. The van der Waals surface area contributed by atoms with Crippen molar-refractivity contribution < 1.29 is 24.0 Å². The standard InChI is InChI=1S/C18H20N2O6.C5H7N/c1-5-26-18(22)15-11(3)19-10(2)14(17(21)25-4)16(15)12-7-6-8-13(9-12)20(23)24;1-2-4-6-5-3-1/h6-9,16,19H,5H2,1-4H3;1-2,4H,3,5H2. The summed E-state index contributed by atoms with van der Waals surface area (Å²) >= 11 is 0. The van der Waals surface area contributed by atoms with Crippen LogP contribution in [0.1, 0.15) is 38.7 Å². The number of carbonyl (C=O) groups excluding carboxylic acids is 2. The van der Waals surface area contributed by atoms with Crippen LogP contribution in [-0.4, -0.2) is 43.3 Å². The van der Waals surface area contributed by atoms with Gasteiger partial charge in [0.1, 0.15) is 0 Å². The average Bonchev–Trinajstić information content (AvgIpc) is 2.79. The Morgan fingerprint density at radius 2 is 1.91 bits per heavy atom. The van der Waals surface area contributed by atoms with Gasteiger partial charge in [-0.25, -0.2) is 9.59 Å². The lowest BCUT2D eigenvalue weighted by molar-refractivity contribution is -0.384. The molecule has 0 fully saturated rings. The van der Waals surface area contributed by atoms with Crippen LogP contribution in [0.25, 0.3) is 0 Å². The SMILES string of the molecule is C1=CCCN=C1.CCOC(=O)C1=C(C)NC(C)=C(C(=O)OC)C1c1cccc([N+](=O)[O-])c1. The van der Waals surface area contributed by atoms with Gasteiger partial charge in [0.15, 0.2) is 0 Å². The molecule has 2 aliphatic heterocycles. The number of nitrogens with one attached hydrogen (secondary N) is 1. The molecule has 9 nitrogen and oxygen atoms in total.